The Morgan fingerprint density at radius 3 is 2.57 bits per heavy atom. The van der Waals surface area contributed by atoms with Crippen molar-refractivity contribution < 1.29 is 18.7 Å². The number of likely N-dealkylation sites (tertiary alicyclic amines) is 1. The van der Waals surface area contributed by atoms with Gasteiger partial charge in [-0.1, -0.05) is 13.8 Å². The van der Waals surface area contributed by atoms with Gasteiger partial charge in [-0.15, -0.1) is 10.2 Å². The predicted octanol–water partition coefficient (Wildman–Crippen LogP) is 4.96. The third kappa shape index (κ3) is 7.84. The van der Waals surface area contributed by atoms with Crippen LogP contribution in [0.2, 0.25) is 0 Å². The number of carbonyl (C=O) groups is 1. The smallest absolute Gasteiger partial charge is 0.282 e. The van der Waals surface area contributed by atoms with E-state index in [2.05, 4.69) is 57.7 Å². The van der Waals surface area contributed by atoms with E-state index >= 15 is 0 Å². The van der Waals surface area contributed by atoms with Crippen molar-refractivity contribution in [1.29, 1.82) is 0 Å². The van der Waals surface area contributed by atoms with Gasteiger partial charge >= 0.3 is 0 Å². The Hall–Kier alpha value is -2.89. The zero-order chi connectivity index (χ0) is 32.0. The van der Waals surface area contributed by atoms with Crippen LogP contribution in [0.25, 0.3) is 0 Å². The fourth-order valence-corrected chi connectivity index (χ4v) is 6.80. The minimum absolute atomic E-state index is 0.0404. The minimum atomic E-state index is -0.499. The van der Waals surface area contributed by atoms with E-state index in [-0.39, 0.29) is 34.6 Å². The third-order valence-corrected chi connectivity index (χ3v) is 9.40. The molecule has 4 rings (SSSR count). The Balaban J connectivity index is 1.41. The Morgan fingerprint density at radius 1 is 1.16 bits per heavy atom. The van der Waals surface area contributed by atoms with Crippen LogP contribution in [0.1, 0.15) is 71.2 Å². The molecule has 0 aliphatic carbocycles. The molecule has 2 aliphatic heterocycles. The Kier molecular flexibility index (Phi) is 11.5. The first kappa shape index (κ1) is 34.0. The van der Waals surface area contributed by atoms with Crippen molar-refractivity contribution >= 4 is 11.7 Å². The summed E-state index contributed by atoms with van der Waals surface area (Å²) >= 11 is 0. The molecule has 2 aliphatic rings. The van der Waals surface area contributed by atoms with Crippen LogP contribution in [-0.4, -0.2) is 114 Å². The van der Waals surface area contributed by atoms with Crippen molar-refractivity contribution in [1.82, 2.24) is 29.9 Å². The van der Waals surface area contributed by atoms with Gasteiger partial charge in [-0.3, -0.25) is 9.69 Å². The third-order valence-electron chi connectivity index (χ3n) is 9.40. The molecule has 0 bridgehead atoms. The second-order valence-corrected chi connectivity index (χ2v) is 13.3. The van der Waals surface area contributed by atoms with Crippen molar-refractivity contribution in [2.24, 2.45) is 11.3 Å². The summed E-state index contributed by atoms with van der Waals surface area (Å²) in [5.74, 6) is 0.862. The number of halogens is 1. The number of aromatic nitrogens is 3. The maximum atomic E-state index is 14.3. The van der Waals surface area contributed by atoms with Crippen molar-refractivity contribution in [2.45, 2.75) is 78.9 Å². The molecule has 0 saturated carbocycles. The van der Waals surface area contributed by atoms with Crippen molar-refractivity contribution in [3.05, 3.63) is 35.9 Å². The second-order valence-electron chi connectivity index (χ2n) is 13.3. The first-order valence-corrected chi connectivity index (χ1v) is 16.1. The van der Waals surface area contributed by atoms with Gasteiger partial charge < -0.3 is 24.2 Å². The fraction of sp³-hybridized carbons (Fsp3) is 0.697. The fourth-order valence-electron chi connectivity index (χ4n) is 6.80. The van der Waals surface area contributed by atoms with Crippen LogP contribution in [0.15, 0.2) is 24.5 Å². The molecular weight excluding hydrogens is 561 g/mol. The van der Waals surface area contributed by atoms with E-state index < -0.39 is 5.82 Å². The van der Waals surface area contributed by atoms with Crippen molar-refractivity contribution in [3.63, 3.8) is 0 Å². The maximum Gasteiger partial charge on any atom is 0.282 e. The Labute approximate surface area is 262 Å². The van der Waals surface area contributed by atoms with Gasteiger partial charge in [-0.05, 0) is 84.7 Å². The summed E-state index contributed by atoms with van der Waals surface area (Å²) in [5, 5.41) is 8.22. The lowest BCUT2D eigenvalue weighted by atomic mass is 9.76. The topological polar surface area (TPSA) is 87.2 Å². The van der Waals surface area contributed by atoms with Crippen LogP contribution in [0, 0.1) is 17.2 Å². The number of ether oxygens (including phenoxy) is 2. The molecule has 11 heteroatoms. The average molecular weight is 614 g/mol. The van der Waals surface area contributed by atoms with Crippen LogP contribution in [0.5, 0.6) is 11.6 Å². The Bertz CT molecular complexity index is 1240. The van der Waals surface area contributed by atoms with Crippen LogP contribution < -0.4 is 9.64 Å². The number of hydrogen-bond acceptors (Lipinski definition) is 9. The molecule has 244 valence electrons. The molecule has 1 spiro atoms. The van der Waals surface area contributed by atoms with Crippen LogP contribution in [0.3, 0.4) is 0 Å². The van der Waals surface area contributed by atoms with Crippen LogP contribution >= 0.6 is 0 Å². The number of benzene rings is 1. The molecule has 2 saturated heterocycles. The minimum Gasteiger partial charge on any atom is -0.434 e. The van der Waals surface area contributed by atoms with E-state index in [0.29, 0.717) is 30.4 Å². The van der Waals surface area contributed by atoms with Gasteiger partial charge in [0.15, 0.2) is 5.82 Å². The summed E-state index contributed by atoms with van der Waals surface area (Å²) in [6, 6.07) is 4.93. The van der Waals surface area contributed by atoms with Gasteiger partial charge in [0.25, 0.3) is 11.8 Å². The van der Waals surface area contributed by atoms with Crippen LogP contribution in [0.4, 0.5) is 10.2 Å². The quantitative estimate of drug-likeness (QED) is 0.277. The van der Waals surface area contributed by atoms with Crippen molar-refractivity contribution in [3.8, 4) is 11.6 Å². The zero-order valence-corrected chi connectivity index (χ0v) is 27.9. The number of rotatable bonds is 15. The summed E-state index contributed by atoms with van der Waals surface area (Å²) in [4.78, 5) is 26.8. The van der Waals surface area contributed by atoms with E-state index in [0.717, 1.165) is 52.2 Å². The van der Waals surface area contributed by atoms with Gasteiger partial charge in [0, 0.05) is 63.4 Å². The highest BCUT2D eigenvalue weighted by Crippen LogP contribution is 2.44. The second kappa shape index (κ2) is 14.9. The number of amides is 1. The molecule has 1 aromatic heterocycles. The van der Waals surface area contributed by atoms with Crippen LogP contribution in [-0.2, 0) is 4.74 Å². The number of methoxy groups -OCH3 is 1. The predicted molar refractivity (Wildman–Crippen MR) is 171 cm³/mol. The highest BCUT2D eigenvalue weighted by molar-refractivity contribution is 5.97. The first-order valence-electron chi connectivity index (χ1n) is 16.1. The summed E-state index contributed by atoms with van der Waals surface area (Å²) in [6.45, 7) is 18.8. The zero-order valence-electron chi connectivity index (χ0n) is 27.9. The lowest BCUT2D eigenvalue weighted by molar-refractivity contribution is -0.0347. The number of carbonyl (C=O) groups excluding carboxylic acids is 1. The van der Waals surface area contributed by atoms with E-state index in [1.54, 1.807) is 12.0 Å². The monoisotopic (exact) mass is 613 g/mol. The van der Waals surface area contributed by atoms with Gasteiger partial charge in [-0.25, -0.2) is 9.37 Å². The molecule has 2 atom stereocenters. The van der Waals surface area contributed by atoms with E-state index in [4.69, 9.17) is 9.47 Å². The van der Waals surface area contributed by atoms with Crippen molar-refractivity contribution in [2.75, 3.05) is 64.9 Å². The summed E-state index contributed by atoms with van der Waals surface area (Å²) in [5.41, 5.74) is 0.360. The molecule has 1 aromatic carbocycles. The highest BCUT2D eigenvalue weighted by Gasteiger charge is 2.50. The number of nitrogens with zero attached hydrogens (tertiary/aromatic N) is 7. The molecular formula is C33H52FN7O3. The number of likely N-dealkylation sites (N-methyl/N-ethyl adjacent to an activating group) is 1. The molecule has 0 radical (unpaired) electrons. The van der Waals surface area contributed by atoms with Gasteiger partial charge in [-0.2, -0.15) is 0 Å². The first-order chi connectivity index (χ1) is 21.0. The molecule has 3 heterocycles. The van der Waals surface area contributed by atoms with Gasteiger partial charge in [0.05, 0.1) is 12.2 Å². The van der Waals surface area contributed by atoms with E-state index in [1.807, 2.05) is 20.8 Å². The number of anilines is 1. The molecule has 1 amide bonds. The molecule has 44 heavy (non-hydrogen) atoms. The average Bonchev–Trinajstić information content (AvgIpc) is 3.41. The SMILES string of the molecule is CCN(C(=O)c1cc(F)ccc1Oc1nncnc1N1CCC2(C1)CN([C@H](CCCN(C)[C@H](C)COC)C(C)C)C2)C(C)C. The standard InChI is InChI=1S/C33H52FN7O3/c1-9-41(24(4)5)32(42)27-17-26(34)12-13-29(27)44-31-30(35-22-36-37-31)39-16-14-33(19-39)20-40(21-33)28(23(2)3)11-10-15-38(7)25(6)18-43-8/h12-13,17,22-25,28H,9-11,14-16,18-21H2,1-8H3/t25-,28-/m1/s1. The summed E-state index contributed by atoms with van der Waals surface area (Å²) in [6.07, 6.45) is 4.83. The molecule has 2 aromatic rings. The number of hydrogen-bond donors (Lipinski definition) is 0. The highest BCUT2D eigenvalue weighted by atomic mass is 19.1. The summed E-state index contributed by atoms with van der Waals surface area (Å²) in [7, 11) is 3.94. The molecule has 0 N–H and O–H groups in total. The van der Waals surface area contributed by atoms with Gasteiger partial charge in [0.1, 0.15) is 17.9 Å². The molecule has 0 unspecified atom stereocenters. The van der Waals surface area contributed by atoms with E-state index in [1.165, 1.54) is 30.9 Å². The molecule has 10 nitrogen and oxygen atoms in total. The van der Waals surface area contributed by atoms with E-state index in [9.17, 15) is 9.18 Å². The lowest BCUT2D eigenvalue weighted by Gasteiger charge is -2.53. The Morgan fingerprint density at radius 2 is 1.91 bits per heavy atom. The maximum absolute atomic E-state index is 14.3. The lowest BCUT2D eigenvalue weighted by Crippen LogP contribution is -2.62. The largest absolute Gasteiger partial charge is 0.434 e. The summed E-state index contributed by atoms with van der Waals surface area (Å²) < 4.78 is 25.8. The normalized spacial score (nSPS) is 17.9. The molecule has 2 fully saturated rings. The van der Waals surface area contributed by atoms with Gasteiger partial charge in [0.2, 0.25) is 0 Å².